The van der Waals surface area contributed by atoms with Crippen LogP contribution in [0, 0.1) is 24.0 Å². The van der Waals surface area contributed by atoms with Crippen molar-refractivity contribution in [2.45, 2.75) is 58.9 Å². The number of rotatable bonds is 9. The van der Waals surface area contributed by atoms with Gasteiger partial charge in [0.2, 0.25) is 5.91 Å². The normalized spacial score (nSPS) is 14.6. The monoisotopic (exact) mass is 416 g/mol. The van der Waals surface area contributed by atoms with Crippen LogP contribution in [0.1, 0.15) is 41.8 Å². The maximum absolute atomic E-state index is 12.2. The van der Waals surface area contributed by atoms with E-state index in [-0.39, 0.29) is 24.1 Å². The Morgan fingerprint density at radius 3 is 2.77 bits per heavy atom. The number of hydrogen-bond donors (Lipinski definition) is 1. The molecule has 0 saturated carbocycles. The average molecular weight is 416 g/mol. The molecule has 1 aromatic heterocycles. The molecule has 2 heterocycles. The van der Waals surface area contributed by atoms with Gasteiger partial charge in [-0.15, -0.1) is 0 Å². The zero-order valence-electron chi connectivity index (χ0n) is 17.4. The first-order valence-corrected chi connectivity index (χ1v) is 10.2. The lowest BCUT2D eigenvalue weighted by atomic mass is 10.1. The molecule has 0 atom stereocenters. The molecule has 30 heavy (non-hydrogen) atoms. The van der Waals surface area contributed by atoms with Gasteiger partial charge in [-0.1, -0.05) is 24.3 Å². The summed E-state index contributed by atoms with van der Waals surface area (Å²) in [5, 5.41) is 18.1. The molecule has 1 saturated heterocycles. The second-order valence-corrected chi connectivity index (χ2v) is 7.47. The van der Waals surface area contributed by atoms with Crippen LogP contribution in [-0.2, 0) is 34.0 Å². The Labute approximate surface area is 175 Å². The third-order valence-electron chi connectivity index (χ3n) is 5.21. The quantitative estimate of drug-likeness (QED) is 0.497. The summed E-state index contributed by atoms with van der Waals surface area (Å²) in [4.78, 5) is 22.9. The zero-order valence-corrected chi connectivity index (χ0v) is 17.4. The number of nitro groups is 1. The third-order valence-corrected chi connectivity index (χ3v) is 5.21. The summed E-state index contributed by atoms with van der Waals surface area (Å²) in [6, 6.07) is 7.96. The number of nitrogens with zero attached hydrogens (tertiary/aromatic N) is 3. The Morgan fingerprint density at radius 2 is 2.07 bits per heavy atom. The number of nitrogens with one attached hydrogen (secondary N) is 1. The van der Waals surface area contributed by atoms with Gasteiger partial charge in [0, 0.05) is 26.2 Å². The van der Waals surface area contributed by atoms with Crippen LogP contribution in [0.3, 0.4) is 0 Å². The van der Waals surface area contributed by atoms with Gasteiger partial charge in [-0.2, -0.15) is 5.10 Å². The van der Waals surface area contributed by atoms with Gasteiger partial charge in [-0.05, 0) is 37.8 Å². The number of aromatic nitrogens is 2. The highest BCUT2D eigenvalue weighted by Gasteiger charge is 2.21. The molecule has 1 fully saturated rings. The summed E-state index contributed by atoms with van der Waals surface area (Å²) in [5.41, 5.74) is 2.90. The van der Waals surface area contributed by atoms with Crippen molar-refractivity contribution in [3.8, 4) is 0 Å². The number of amides is 1. The van der Waals surface area contributed by atoms with Gasteiger partial charge in [0.25, 0.3) is 0 Å². The van der Waals surface area contributed by atoms with E-state index < -0.39 is 4.92 Å². The van der Waals surface area contributed by atoms with Crippen LogP contribution in [0.5, 0.6) is 0 Å². The SMILES string of the molecule is Cc1nn(CCC(=O)NCc2cccc(COC3CCOCC3)c2)c(C)c1[N+](=O)[O-]. The van der Waals surface area contributed by atoms with Gasteiger partial charge in [0.15, 0.2) is 0 Å². The van der Waals surface area contributed by atoms with Gasteiger partial charge in [0.1, 0.15) is 11.4 Å². The van der Waals surface area contributed by atoms with Gasteiger partial charge < -0.3 is 14.8 Å². The first kappa shape index (κ1) is 21.9. The Hall–Kier alpha value is -2.78. The lowest BCUT2D eigenvalue weighted by molar-refractivity contribution is -0.386. The molecular weight excluding hydrogens is 388 g/mol. The van der Waals surface area contributed by atoms with Crippen LogP contribution >= 0.6 is 0 Å². The van der Waals surface area contributed by atoms with E-state index in [9.17, 15) is 14.9 Å². The molecule has 1 aromatic carbocycles. The Bertz CT molecular complexity index is 890. The summed E-state index contributed by atoms with van der Waals surface area (Å²) in [6.45, 7) is 6.00. The topological polar surface area (TPSA) is 109 Å². The van der Waals surface area contributed by atoms with E-state index in [4.69, 9.17) is 9.47 Å². The molecule has 0 spiro atoms. The summed E-state index contributed by atoms with van der Waals surface area (Å²) < 4.78 is 12.8. The molecule has 3 rings (SSSR count). The Morgan fingerprint density at radius 1 is 1.33 bits per heavy atom. The van der Waals surface area contributed by atoms with Crippen molar-refractivity contribution >= 4 is 11.6 Å². The first-order chi connectivity index (χ1) is 14.4. The molecule has 0 aliphatic carbocycles. The van der Waals surface area contributed by atoms with Crippen molar-refractivity contribution in [1.29, 1.82) is 0 Å². The predicted molar refractivity (Wildman–Crippen MR) is 110 cm³/mol. The van der Waals surface area contributed by atoms with Crippen molar-refractivity contribution in [3.63, 3.8) is 0 Å². The molecule has 1 amide bonds. The summed E-state index contributed by atoms with van der Waals surface area (Å²) in [6.07, 6.45) is 2.29. The van der Waals surface area contributed by atoms with Crippen LogP contribution in [0.2, 0.25) is 0 Å². The van der Waals surface area contributed by atoms with Crippen molar-refractivity contribution < 1.29 is 19.2 Å². The molecular formula is C21H28N4O5. The van der Waals surface area contributed by atoms with E-state index in [0.717, 1.165) is 37.2 Å². The highest BCUT2D eigenvalue weighted by molar-refractivity contribution is 5.75. The van der Waals surface area contributed by atoms with Gasteiger partial charge in [0.05, 0.1) is 24.2 Å². The highest BCUT2D eigenvalue weighted by atomic mass is 16.6. The number of ether oxygens (including phenoxy) is 2. The van der Waals surface area contributed by atoms with Crippen molar-refractivity contribution in [3.05, 3.63) is 56.9 Å². The fourth-order valence-corrected chi connectivity index (χ4v) is 3.55. The molecule has 162 valence electrons. The van der Waals surface area contributed by atoms with E-state index in [1.54, 1.807) is 13.8 Å². The van der Waals surface area contributed by atoms with Gasteiger partial charge in [-0.3, -0.25) is 19.6 Å². The molecule has 0 unspecified atom stereocenters. The molecule has 1 aliphatic heterocycles. The predicted octanol–water partition coefficient (Wildman–Crippen LogP) is 2.81. The van der Waals surface area contributed by atoms with E-state index >= 15 is 0 Å². The van der Waals surface area contributed by atoms with E-state index in [1.807, 2.05) is 24.3 Å². The smallest absolute Gasteiger partial charge is 0.312 e. The highest BCUT2D eigenvalue weighted by Crippen LogP contribution is 2.21. The lowest BCUT2D eigenvalue weighted by Crippen LogP contribution is -2.24. The summed E-state index contributed by atoms with van der Waals surface area (Å²) in [5.74, 6) is -0.130. The molecule has 9 nitrogen and oxygen atoms in total. The Balaban J connectivity index is 1.45. The number of benzene rings is 1. The number of hydrogen-bond acceptors (Lipinski definition) is 6. The average Bonchev–Trinajstić information content (AvgIpc) is 3.03. The largest absolute Gasteiger partial charge is 0.381 e. The van der Waals surface area contributed by atoms with Crippen molar-refractivity contribution in [2.75, 3.05) is 13.2 Å². The van der Waals surface area contributed by atoms with Crippen LogP contribution in [0.25, 0.3) is 0 Å². The number of aryl methyl sites for hydroxylation is 2. The zero-order chi connectivity index (χ0) is 21.5. The third kappa shape index (κ3) is 5.87. The molecule has 9 heteroatoms. The molecule has 2 aromatic rings. The number of carbonyl (C=O) groups excluding carboxylic acids is 1. The van der Waals surface area contributed by atoms with Crippen molar-refractivity contribution in [2.24, 2.45) is 0 Å². The van der Waals surface area contributed by atoms with E-state index in [0.29, 0.717) is 31.1 Å². The maximum Gasteiger partial charge on any atom is 0.312 e. The lowest BCUT2D eigenvalue weighted by Gasteiger charge is -2.22. The number of carbonyl (C=O) groups is 1. The second-order valence-electron chi connectivity index (χ2n) is 7.47. The molecule has 1 aliphatic rings. The minimum atomic E-state index is -0.438. The van der Waals surface area contributed by atoms with Crippen LogP contribution < -0.4 is 5.32 Å². The molecule has 0 bridgehead atoms. The molecule has 1 N–H and O–H groups in total. The minimum Gasteiger partial charge on any atom is -0.381 e. The van der Waals surface area contributed by atoms with Crippen molar-refractivity contribution in [1.82, 2.24) is 15.1 Å². The fraction of sp³-hybridized carbons (Fsp3) is 0.524. The van der Waals surface area contributed by atoms with E-state index in [1.165, 1.54) is 4.68 Å². The minimum absolute atomic E-state index is 0.00944. The van der Waals surface area contributed by atoms with E-state index in [2.05, 4.69) is 10.4 Å². The van der Waals surface area contributed by atoms with Crippen LogP contribution in [-0.4, -0.2) is 39.9 Å². The molecule has 0 radical (unpaired) electrons. The van der Waals surface area contributed by atoms with Gasteiger partial charge >= 0.3 is 5.69 Å². The Kier molecular flexibility index (Phi) is 7.53. The van der Waals surface area contributed by atoms with Crippen LogP contribution in [0.4, 0.5) is 5.69 Å². The second kappa shape index (κ2) is 10.3. The standard InChI is InChI=1S/C21H28N4O5/c1-15-21(25(27)28)16(2)24(23-15)9-6-20(26)22-13-17-4-3-5-18(12-17)14-30-19-7-10-29-11-8-19/h3-5,12,19H,6-11,13-14H2,1-2H3,(H,22,26). The summed E-state index contributed by atoms with van der Waals surface area (Å²) in [7, 11) is 0. The first-order valence-electron chi connectivity index (χ1n) is 10.2. The fourth-order valence-electron chi connectivity index (χ4n) is 3.55. The maximum atomic E-state index is 12.2. The van der Waals surface area contributed by atoms with Crippen LogP contribution in [0.15, 0.2) is 24.3 Å². The van der Waals surface area contributed by atoms with Gasteiger partial charge in [-0.25, -0.2) is 0 Å². The summed E-state index contributed by atoms with van der Waals surface area (Å²) >= 11 is 0.